The van der Waals surface area contributed by atoms with Gasteiger partial charge >= 0.3 is 24.4 Å². The van der Waals surface area contributed by atoms with Crippen LogP contribution in [0.25, 0.3) is 0 Å². The molecule has 2 aromatic rings. The van der Waals surface area contributed by atoms with Gasteiger partial charge in [0.25, 0.3) is 5.91 Å². The molecule has 0 aliphatic heterocycles. The van der Waals surface area contributed by atoms with E-state index in [0.29, 0.717) is 109 Å². The molecule has 26 nitrogen and oxygen atoms in total. The highest BCUT2D eigenvalue weighted by molar-refractivity contribution is 6.31. The van der Waals surface area contributed by atoms with E-state index in [4.69, 9.17) is 52.2 Å². The Labute approximate surface area is 494 Å². The van der Waals surface area contributed by atoms with E-state index in [1.54, 1.807) is 83.1 Å². The Hall–Kier alpha value is -7.09. The molecule has 0 saturated heterocycles. The standard InChI is InChI=1S/C56H95ClN14O12/c1-53(2,3)80-49(75)64-29-17-14-22-39(66-51(77)82-55(7,8)9)45(72)61-31-19-33-71(34-20-32-62-46(73)40(67-52(78)83-56(10,11)12)23-15-18-30-65-50(76)81-54(4,5)6)35-36-79-38-26-24-37(25-27-38)21-13-16-28-63-48(60)70-47(74)41-43(58)69-44(59)42(57)68-41/h24-27,39-40H,13-23,28-36H2,1-12H3,(H,61,72)(H,62,73)(H,64,75)(H,65,76)(H,66,77)(H,67,78)(H4,58,59,69)(H3,60,63,70,74)/t39-,40-/m0/s1. The molecule has 0 spiro atoms. The highest BCUT2D eigenvalue weighted by atomic mass is 35.5. The fraction of sp³-hybridized carbons (Fsp3) is 0.679. The molecule has 13 N–H and O–H groups in total. The van der Waals surface area contributed by atoms with Gasteiger partial charge in [-0.25, -0.2) is 29.1 Å². The summed E-state index contributed by atoms with van der Waals surface area (Å²) in [5.41, 5.74) is 9.30. The summed E-state index contributed by atoms with van der Waals surface area (Å²) in [7, 11) is 0. The monoisotopic (exact) mass is 1190 g/mol. The molecule has 0 fully saturated rings. The van der Waals surface area contributed by atoms with Crippen molar-refractivity contribution in [2.45, 2.75) is 188 Å². The number of halogens is 1. The van der Waals surface area contributed by atoms with Crippen molar-refractivity contribution >= 4 is 71.3 Å². The number of rotatable bonds is 32. The summed E-state index contributed by atoms with van der Waals surface area (Å²) in [6.07, 6.45) is 3.46. The lowest BCUT2D eigenvalue weighted by atomic mass is 10.1. The number of guanidine groups is 1. The van der Waals surface area contributed by atoms with Gasteiger partial charge in [-0.05, 0) is 184 Å². The van der Waals surface area contributed by atoms with E-state index in [2.05, 4.69) is 57.4 Å². The molecule has 0 aliphatic rings. The molecule has 2 atom stereocenters. The molecule has 83 heavy (non-hydrogen) atoms. The lowest BCUT2D eigenvalue weighted by Gasteiger charge is -2.25. The number of nitrogens with one attached hydrogen (secondary N) is 9. The van der Waals surface area contributed by atoms with Gasteiger partial charge in [-0.1, -0.05) is 23.7 Å². The summed E-state index contributed by atoms with van der Waals surface area (Å²) in [5, 5.41) is 29.9. The van der Waals surface area contributed by atoms with Gasteiger partial charge in [-0.2, -0.15) is 0 Å². The minimum atomic E-state index is -0.896. The van der Waals surface area contributed by atoms with Crippen LogP contribution in [0.5, 0.6) is 5.75 Å². The van der Waals surface area contributed by atoms with Crippen LogP contribution in [0.15, 0.2) is 24.3 Å². The molecule has 0 saturated carbocycles. The second-order valence-electron chi connectivity index (χ2n) is 23.7. The second-order valence-corrected chi connectivity index (χ2v) is 24.1. The minimum absolute atomic E-state index is 0.109. The third-order valence-electron chi connectivity index (χ3n) is 11.2. The Morgan fingerprint density at radius 1 is 0.542 bits per heavy atom. The van der Waals surface area contributed by atoms with Crippen molar-refractivity contribution in [3.63, 3.8) is 0 Å². The number of carbonyl (C=O) groups excluding carboxylic acids is 7. The third kappa shape index (κ3) is 34.8. The normalized spacial score (nSPS) is 12.4. The predicted octanol–water partition coefficient (Wildman–Crippen LogP) is 6.44. The third-order valence-corrected chi connectivity index (χ3v) is 11.5. The zero-order valence-corrected chi connectivity index (χ0v) is 51.6. The quantitative estimate of drug-likeness (QED) is 0.0162. The average Bonchev–Trinajstić information content (AvgIpc) is 3.41. The van der Waals surface area contributed by atoms with Gasteiger partial charge in [0.15, 0.2) is 28.4 Å². The zero-order valence-electron chi connectivity index (χ0n) is 50.9. The number of alkyl carbamates (subject to hydrolysis) is 4. The van der Waals surface area contributed by atoms with Gasteiger partial charge in [0, 0.05) is 39.3 Å². The molecule has 7 amide bonds. The van der Waals surface area contributed by atoms with Gasteiger partial charge in [0.2, 0.25) is 11.8 Å². The van der Waals surface area contributed by atoms with Crippen molar-refractivity contribution in [2.24, 2.45) is 0 Å². The van der Waals surface area contributed by atoms with Crippen LogP contribution in [0, 0.1) is 5.41 Å². The predicted molar refractivity (Wildman–Crippen MR) is 318 cm³/mol. The Kier molecular flexibility index (Phi) is 31.1. The largest absolute Gasteiger partial charge is 0.492 e. The van der Waals surface area contributed by atoms with Crippen LogP contribution < -0.4 is 58.7 Å². The lowest BCUT2D eigenvalue weighted by Crippen LogP contribution is -2.49. The molecule has 1 heterocycles. The summed E-state index contributed by atoms with van der Waals surface area (Å²) in [6.45, 7) is 24.6. The number of hydrogen-bond donors (Lipinski definition) is 11. The van der Waals surface area contributed by atoms with Crippen molar-refractivity contribution in [1.29, 1.82) is 5.41 Å². The minimum Gasteiger partial charge on any atom is -0.492 e. The Balaban J connectivity index is 2.06. The summed E-state index contributed by atoms with van der Waals surface area (Å²) >= 11 is 5.87. The molecule has 1 aromatic heterocycles. The second kappa shape index (κ2) is 35.8. The molecule has 0 radical (unpaired) electrons. The number of nitrogen functional groups attached to an aromatic ring is 2. The summed E-state index contributed by atoms with van der Waals surface area (Å²) < 4.78 is 27.7. The van der Waals surface area contributed by atoms with Gasteiger partial charge in [-0.15, -0.1) is 0 Å². The van der Waals surface area contributed by atoms with Crippen molar-refractivity contribution in [3.8, 4) is 5.75 Å². The van der Waals surface area contributed by atoms with Crippen LogP contribution in [0.1, 0.15) is 163 Å². The van der Waals surface area contributed by atoms with E-state index in [1.165, 1.54) is 0 Å². The molecule has 2 rings (SSSR count). The van der Waals surface area contributed by atoms with Crippen molar-refractivity contribution in [2.75, 3.05) is 70.4 Å². The molecular formula is C56H95ClN14O12. The number of ether oxygens (including phenoxy) is 5. The molecule has 27 heteroatoms. The van der Waals surface area contributed by atoms with Crippen molar-refractivity contribution in [3.05, 3.63) is 40.7 Å². The fourth-order valence-electron chi connectivity index (χ4n) is 7.54. The molecule has 0 aliphatic carbocycles. The maximum atomic E-state index is 13.6. The number of aromatic nitrogens is 2. The van der Waals surface area contributed by atoms with E-state index < -0.39 is 64.8 Å². The number of aryl methyl sites for hydroxylation is 1. The topological polar surface area (TPSA) is 367 Å². The maximum Gasteiger partial charge on any atom is 0.408 e. The van der Waals surface area contributed by atoms with E-state index >= 15 is 0 Å². The summed E-state index contributed by atoms with van der Waals surface area (Å²) in [6, 6.07) is 5.96. The van der Waals surface area contributed by atoms with Gasteiger partial charge in [0.1, 0.15) is 46.8 Å². The number of nitrogens with two attached hydrogens (primary N) is 2. The van der Waals surface area contributed by atoms with E-state index in [-0.39, 0.29) is 53.3 Å². The van der Waals surface area contributed by atoms with E-state index in [9.17, 15) is 33.6 Å². The maximum absolute atomic E-state index is 13.6. The van der Waals surface area contributed by atoms with Crippen molar-refractivity contribution < 1.29 is 57.2 Å². The number of benzene rings is 1. The SMILES string of the molecule is CC(C)(C)OC(=O)NCCCC[C@H](NC(=O)OC(C)(C)C)C(=O)NCCCN(CCCNC(=O)[C@H](CCCCNC(=O)OC(C)(C)C)NC(=O)OC(C)(C)C)CCOc1ccc(CCCCNC(=N)NC(=O)c2nc(Cl)c(N)nc2N)cc1. The van der Waals surface area contributed by atoms with E-state index in [1.807, 2.05) is 24.3 Å². The van der Waals surface area contributed by atoms with Crippen LogP contribution in [-0.2, 0) is 35.0 Å². The number of nitrogens with zero attached hydrogens (tertiary/aromatic N) is 3. The number of amides is 7. The molecular weight excluding hydrogens is 1100 g/mol. The first-order valence-electron chi connectivity index (χ1n) is 28.3. The first-order chi connectivity index (χ1) is 38.7. The van der Waals surface area contributed by atoms with Crippen LogP contribution >= 0.6 is 11.6 Å². The first kappa shape index (κ1) is 72.0. The molecule has 0 unspecified atom stereocenters. The number of unbranched alkanes of at least 4 members (excludes halogenated alkanes) is 3. The van der Waals surface area contributed by atoms with Crippen LogP contribution in [0.3, 0.4) is 0 Å². The molecule has 468 valence electrons. The summed E-state index contributed by atoms with van der Waals surface area (Å²) in [4.78, 5) is 99.3. The number of carbonyl (C=O) groups is 7. The van der Waals surface area contributed by atoms with Crippen molar-refractivity contribution in [1.82, 2.24) is 57.4 Å². The van der Waals surface area contributed by atoms with Crippen LogP contribution in [0.2, 0.25) is 5.15 Å². The molecule has 0 bridgehead atoms. The Bertz CT molecular complexity index is 2300. The fourth-order valence-corrected chi connectivity index (χ4v) is 7.67. The zero-order chi connectivity index (χ0) is 62.4. The average molecular weight is 1190 g/mol. The highest BCUT2D eigenvalue weighted by Gasteiger charge is 2.27. The summed E-state index contributed by atoms with van der Waals surface area (Å²) in [5.74, 6) is -1.39. The Morgan fingerprint density at radius 3 is 1.42 bits per heavy atom. The Morgan fingerprint density at radius 2 is 0.964 bits per heavy atom. The van der Waals surface area contributed by atoms with Gasteiger partial charge in [0.05, 0.1) is 0 Å². The number of anilines is 2. The highest BCUT2D eigenvalue weighted by Crippen LogP contribution is 2.18. The van der Waals surface area contributed by atoms with Crippen LogP contribution in [-0.4, -0.2) is 156 Å². The smallest absolute Gasteiger partial charge is 0.408 e. The van der Waals surface area contributed by atoms with Crippen LogP contribution in [0.4, 0.5) is 30.8 Å². The number of hydrogen-bond acceptors (Lipinski definition) is 18. The first-order valence-corrected chi connectivity index (χ1v) is 28.7. The lowest BCUT2D eigenvalue weighted by molar-refractivity contribution is -0.124. The molecule has 1 aromatic carbocycles. The van der Waals surface area contributed by atoms with E-state index in [0.717, 1.165) is 18.4 Å². The van der Waals surface area contributed by atoms with Gasteiger partial charge in [-0.3, -0.25) is 30.0 Å². The van der Waals surface area contributed by atoms with Gasteiger partial charge < -0.3 is 72.4 Å².